The van der Waals surface area contributed by atoms with E-state index in [1.165, 1.54) is 0 Å². The van der Waals surface area contributed by atoms with Gasteiger partial charge in [0, 0.05) is 0 Å². The summed E-state index contributed by atoms with van der Waals surface area (Å²) in [6, 6.07) is 0. The zero-order valence-electron chi connectivity index (χ0n) is 7.42. The largest absolute Gasteiger partial charge is 0.422 e. The molecule has 1 N–H and O–H groups in total. The number of alkyl halides is 4. The van der Waals surface area contributed by atoms with Gasteiger partial charge >= 0.3 is 6.18 Å². The van der Waals surface area contributed by atoms with Crippen LogP contribution in [0.4, 0.5) is 17.6 Å². The Hall–Kier alpha value is -0.320. The molecule has 1 fully saturated rings. The van der Waals surface area contributed by atoms with Gasteiger partial charge in [-0.1, -0.05) is 0 Å². The van der Waals surface area contributed by atoms with Gasteiger partial charge in [0.05, 0.1) is 0 Å². The SMILES string of the molecule is CNCC1CCC(F)(C(F)(F)F)C1. The fraction of sp³-hybridized carbons (Fsp3) is 1.00. The van der Waals surface area contributed by atoms with Crippen LogP contribution >= 0.6 is 0 Å². The summed E-state index contributed by atoms with van der Waals surface area (Å²) in [5.41, 5.74) is -2.94. The highest BCUT2D eigenvalue weighted by Crippen LogP contribution is 2.48. The minimum absolute atomic E-state index is 0.184. The summed E-state index contributed by atoms with van der Waals surface area (Å²) < 4.78 is 49.7. The van der Waals surface area contributed by atoms with E-state index in [0.717, 1.165) is 0 Å². The summed E-state index contributed by atoms with van der Waals surface area (Å²) in [6.45, 7) is 0.460. The highest BCUT2D eigenvalue weighted by Gasteiger charge is 2.58. The topological polar surface area (TPSA) is 12.0 Å². The standard InChI is InChI=1S/C8H13F4N/c1-13-5-6-2-3-7(9,4-6)8(10,11)12/h6,13H,2-5H2,1H3. The van der Waals surface area contributed by atoms with Crippen LogP contribution in [0.1, 0.15) is 19.3 Å². The van der Waals surface area contributed by atoms with E-state index < -0.39 is 18.3 Å². The van der Waals surface area contributed by atoms with Gasteiger partial charge in [-0.15, -0.1) is 0 Å². The summed E-state index contributed by atoms with van der Waals surface area (Å²) in [4.78, 5) is 0. The van der Waals surface area contributed by atoms with Gasteiger partial charge in [0.1, 0.15) is 0 Å². The Morgan fingerprint density at radius 3 is 2.46 bits per heavy atom. The fourth-order valence-electron chi connectivity index (χ4n) is 1.81. The van der Waals surface area contributed by atoms with Crippen LogP contribution < -0.4 is 5.32 Å². The van der Waals surface area contributed by atoms with Crippen molar-refractivity contribution in [2.45, 2.75) is 31.1 Å². The molecular weight excluding hydrogens is 186 g/mol. The Morgan fingerprint density at radius 2 is 2.08 bits per heavy atom. The molecule has 1 aliphatic rings. The predicted octanol–water partition coefficient (Wildman–Crippen LogP) is 2.28. The molecule has 0 radical (unpaired) electrons. The summed E-state index contributed by atoms with van der Waals surface area (Å²) in [6.07, 6.45) is -5.16. The first-order valence-electron chi connectivity index (χ1n) is 4.29. The van der Waals surface area contributed by atoms with Gasteiger partial charge in [-0.05, 0) is 38.8 Å². The molecule has 1 nitrogen and oxygen atoms in total. The molecule has 2 unspecified atom stereocenters. The molecule has 0 aliphatic heterocycles. The molecule has 0 bridgehead atoms. The Morgan fingerprint density at radius 1 is 1.46 bits per heavy atom. The van der Waals surface area contributed by atoms with E-state index in [4.69, 9.17) is 0 Å². The third kappa shape index (κ3) is 2.13. The highest BCUT2D eigenvalue weighted by molar-refractivity contribution is 4.95. The second-order valence-electron chi connectivity index (χ2n) is 3.63. The maximum atomic E-state index is 13.2. The summed E-state index contributed by atoms with van der Waals surface area (Å²) in [5, 5.41) is 2.76. The van der Waals surface area contributed by atoms with Gasteiger partial charge in [0.2, 0.25) is 5.67 Å². The average Bonchev–Trinajstić information content (AvgIpc) is 2.32. The minimum atomic E-state index is -4.70. The average molecular weight is 199 g/mol. The van der Waals surface area contributed by atoms with E-state index in [1.54, 1.807) is 7.05 Å². The molecule has 1 aliphatic carbocycles. The maximum absolute atomic E-state index is 13.2. The molecule has 2 atom stereocenters. The van der Waals surface area contributed by atoms with E-state index in [0.29, 0.717) is 13.0 Å². The van der Waals surface area contributed by atoms with Crippen molar-refractivity contribution in [2.24, 2.45) is 5.92 Å². The highest BCUT2D eigenvalue weighted by atomic mass is 19.4. The lowest BCUT2D eigenvalue weighted by Gasteiger charge is -2.22. The van der Waals surface area contributed by atoms with Crippen LogP contribution in [0.15, 0.2) is 0 Å². The van der Waals surface area contributed by atoms with Crippen molar-refractivity contribution in [3.63, 3.8) is 0 Å². The van der Waals surface area contributed by atoms with Gasteiger partial charge in [0.25, 0.3) is 0 Å². The smallest absolute Gasteiger partial charge is 0.319 e. The van der Waals surface area contributed by atoms with Crippen molar-refractivity contribution in [3.05, 3.63) is 0 Å². The molecule has 0 heterocycles. The molecule has 13 heavy (non-hydrogen) atoms. The Kier molecular flexibility index (Phi) is 2.85. The molecule has 78 valence electrons. The lowest BCUT2D eigenvalue weighted by atomic mass is 10.0. The third-order valence-electron chi connectivity index (χ3n) is 2.56. The molecule has 1 rings (SSSR count). The van der Waals surface area contributed by atoms with E-state index in [1.807, 2.05) is 0 Å². The van der Waals surface area contributed by atoms with E-state index in [9.17, 15) is 17.6 Å². The monoisotopic (exact) mass is 199 g/mol. The first kappa shape index (κ1) is 10.8. The zero-order chi connectivity index (χ0) is 10.1. The van der Waals surface area contributed by atoms with Gasteiger partial charge in [0.15, 0.2) is 0 Å². The van der Waals surface area contributed by atoms with Crippen molar-refractivity contribution in [3.8, 4) is 0 Å². The summed E-state index contributed by atoms with van der Waals surface area (Å²) in [7, 11) is 1.66. The summed E-state index contributed by atoms with van der Waals surface area (Å²) >= 11 is 0. The van der Waals surface area contributed by atoms with Crippen molar-refractivity contribution in [2.75, 3.05) is 13.6 Å². The molecule has 0 saturated heterocycles. The molecule has 0 aromatic carbocycles. The molecule has 0 aromatic rings. The van der Waals surface area contributed by atoms with Crippen LogP contribution in [-0.4, -0.2) is 25.4 Å². The van der Waals surface area contributed by atoms with Crippen molar-refractivity contribution in [1.29, 1.82) is 0 Å². The van der Waals surface area contributed by atoms with Crippen molar-refractivity contribution in [1.82, 2.24) is 5.32 Å². The molecule has 1 saturated carbocycles. The van der Waals surface area contributed by atoms with Gasteiger partial charge in [-0.25, -0.2) is 4.39 Å². The second kappa shape index (κ2) is 3.44. The van der Waals surface area contributed by atoms with Crippen LogP contribution in [0, 0.1) is 5.92 Å². The van der Waals surface area contributed by atoms with Crippen LogP contribution in [0.3, 0.4) is 0 Å². The fourth-order valence-corrected chi connectivity index (χ4v) is 1.81. The van der Waals surface area contributed by atoms with Crippen LogP contribution in [-0.2, 0) is 0 Å². The summed E-state index contributed by atoms with van der Waals surface area (Å²) in [5.74, 6) is -0.184. The number of hydrogen-bond donors (Lipinski definition) is 1. The van der Waals surface area contributed by atoms with Crippen molar-refractivity contribution >= 4 is 0 Å². The number of halogens is 4. The van der Waals surface area contributed by atoms with Crippen LogP contribution in [0.5, 0.6) is 0 Å². The normalized spacial score (nSPS) is 35.3. The quantitative estimate of drug-likeness (QED) is 0.673. The van der Waals surface area contributed by atoms with E-state index in [2.05, 4.69) is 5.32 Å². The molecular formula is C8H13F4N. The van der Waals surface area contributed by atoms with Gasteiger partial charge in [-0.3, -0.25) is 0 Å². The molecule has 0 spiro atoms. The minimum Gasteiger partial charge on any atom is -0.319 e. The molecule has 0 aromatic heterocycles. The zero-order valence-corrected chi connectivity index (χ0v) is 7.42. The number of hydrogen-bond acceptors (Lipinski definition) is 1. The van der Waals surface area contributed by atoms with Gasteiger partial charge in [-0.2, -0.15) is 13.2 Å². The first-order chi connectivity index (χ1) is 5.89. The third-order valence-corrected chi connectivity index (χ3v) is 2.56. The first-order valence-corrected chi connectivity index (χ1v) is 4.29. The van der Waals surface area contributed by atoms with Crippen molar-refractivity contribution < 1.29 is 17.6 Å². The molecule has 5 heteroatoms. The maximum Gasteiger partial charge on any atom is 0.422 e. The van der Waals surface area contributed by atoms with E-state index >= 15 is 0 Å². The Bertz CT molecular complexity index is 179. The van der Waals surface area contributed by atoms with Crippen LogP contribution in [0.25, 0.3) is 0 Å². The lowest BCUT2D eigenvalue weighted by molar-refractivity contribution is -0.228. The Balaban J connectivity index is 2.56. The van der Waals surface area contributed by atoms with Crippen LogP contribution in [0.2, 0.25) is 0 Å². The van der Waals surface area contributed by atoms with Gasteiger partial charge < -0.3 is 5.32 Å². The second-order valence-corrected chi connectivity index (χ2v) is 3.63. The number of nitrogens with one attached hydrogen (secondary N) is 1. The van der Waals surface area contributed by atoms with E-state index in [-0.39, 0.29) is 12.3 Å². The molecule has 0 amide bonds. The predicted molar refractivity (Wildman–Crippen MR) is 41.2 cm³/mol. The Labute approximate surface area is 74.5 Å². The lowest BCUT2D eigenvalue weighted by Crippen LogP contribution is -2.38. The number of rotatable bonds is 2.